The average molecular weight is 270 g/mol. The Morgan fingerprint density at radius 2 is 2.06 bits per heavy atom. The van der Waals surface area contributed by atoms with Gasteiger partial charge in [0, 0.05) is 13.2 Å². The Bertz CT molecular complexity index is 681. The molecule has 0 aliphatic carbocycles. The van der Waals surface area contributed by atoms with Gasteiger partial charge in [-0.2, -0.15) is 5.10 Å². The van der Waals surface area contributed by atoms with E-state index >= 15 is 0 Å². The minimum absolute atomic E-state index is 0.138. The predicted octanol–water partition coefficient (Wildman–Crippen LogP) is 0.942. The van der Waals surface area contributed by atoms with Crippen molar-refractivity contribution in [2.24, 2.45) is 7.05 Å². The van der Waals surface area contributed by atoms with Gasteiger partial charge in [-0.25, -0.2) is 12.8 Å². The molecule has 0 bridgehead atoms. The number of hydrogen-bond donors (Lipinski definition) is 2. The first-order valence-corrected chi connectivity index (χ1v) is 6.45. The molecule has 1 aromatic heterocycles. The number of anilines is 2. The van der Waals surface area contributed by atoms with Crippen molar-refractivity contribution in [3.63, 3.8) is 0 Å². The Balaban J connectivity index is 2.40. The summed E-state index contributed by atoms with van der Waals surface area (Å²) in [5.74, 6) is -0.801. The van der Waals surface area contributed by atoms with E-state index in [9.17, 15) is 12.8 Å². The van der Waals surface area contributed by atoms with Crippen LogP contribution >= 0.6 is 0 Å². The third-order valence-corrected chi connectivity index (χ3v) is 3.61. The zero-order valence-corrected chi connectivity index (χ0v) is 10.3. The van der Waals surface area contributed by atoms with Crippen molar-refractivity contribution in [1.82, 2.24) is 9.78 Å². The van der Waals surface area contributed by atoms with Crippen molar-refractivity contribution in [2.45, 2.75) is 4.90 Å². The van der Waals surface area contributed by atoms with Crippen LogP contribution in [0.4, 0.5) is 15.9 Å². The summed E-state index contributed by atoms with van der Waals surface area (Å²) < 4.78 is 40.7. The first kappa shape index (κ1) is 12.4. The topological polar surface area (TPSA) is 90.0 Å². The molecule has 0 fully saturated rings. The fraction of sp³-hybridized carbons (Fsp3) is 0.100. The quantitative estimate of drug-likeness (QED) is 0.868. The third kappa shape index (κ3) is 2.28. The van der Waals surface area contributed by atoms with Crippen LogP contribution in [0.2, 0.25) is 0 Å². The summed E-state index contributed by atoms with van der Waals surface area (Å²) in [7, 11) is -2.40. The standard InChI is InChI=1S/C10H11FN4O2S/c1-15-6-9(10(12)13-15)18(16,17)14-8-5-3-2-4-7(8)11/h2-6,14H,1H3,(H2,12,13). The smallest absolute Gasteiger partial charge is 0.267 e. The van der Waals surface area contributed by atoms with E-state index in [1.807, 2.05) is 0 Å². The average Bonchev–Trinajstić information content (AvgIpc) is 2.62. The van der Waals surface area contributed by atoms with E-state index in [1.54, 1.807) is 7.05 Å². The van der Waals surface area contributed by atoms with Crippen molar-refractivity contribution in [1.29, 1.82) is 0 Å². The van der Waals surface area contributed by atoms with Gasteiger partial charge in [-0.15, -0.1) is 0 Å². The van der Waals surface area contributed by atoms with Crippen molar-refractivity contribution >= 4 is 21.5 Å². The molecule has 1 heterocycles. The van der Waals surface area contributed by atoms with Crippen molar-refractivity contribution < 1.29 is 12.8 Å². The van der Waals surface area contributed by atoms with Crippen molar-refractivity contribution in [3.05, 3.63) is 36.3 Å². The molecule has 0 aliphatic rings. The first-order valence-electron chi connectivity index (χ1n) is 4.96. The van der Waals surface area contributed by atoms with Gasteiger partial charge in [0.05, 0.1) is 5.69 Å². The van der Waals surface area contributed by atoms with Crippen LogP contribution in [0.1, 0.15) is 0 Å². The lowest BCUT2D eigenvalue weighted by atomic mass is 10.3. The number of aryl methyl sites for hydroxylation is 1. The van der Waals surface area contributed by atoms with Gasteiger partial charge in [0.25, 0.3) is 10.0 Å². The van der Waals surface area contributed by atoms with E-state index in [2.05, 4.69) is 9.82 Å². The fourth-order valence-corrected chi connectivity index (χ4v) is 2.61. The van der Waals surface area contributed by atoms with Gasteiger partial charge in [0.1, 0.15) is 10.7 Å². The van der Waals surface area contributed by atoms with Gasteiger partial charge >= 0.3 is 0 Å². The highest BCUT2D eigenvalue weighted by Gasteiger charge is 2.21. The molecule has 0 saturated heterocycles. The van der Waals surface area contributed by atoms with Crippen LogP contribution in [0, 0.1) is 5.82 Å². The number of nitrogens with two attached hydrogens (primary N) is 1. The van der Waals surface area contributed by atoms with Gasteiger partial charge in [-0.1, -0.05) is 12.1 Å². The van der Waals surface area contributed by atoms with Crippen LogP contribution in [0.3, 0.4) is 0 Å². The summed E-state index contributed by atoms with van der Waals surface area (Å²) in [4.78, 5) is -0.187. The molecule has 0 unspecified atom stereocenters. The molecule has 0 saturated carbocycles. The fourth-order valence-electron chi connectivity index (χ4n) is 1.43. The Morgan fingerprint density at radius 1 is 1.39 bits per heavy atom. The number of halogens is 1. The molecule has 18 heavy (non-hydrogen) atoms. The molecular formula is C10H11FN4O2S. The minimum atomic E-state index is -3.94. The summed E-state index contributed by atoms with van der Waals surface area (Å²) in [5, 5.41) is 3.72. The number of benzene rings is 1. The van der Waals surface area contributed by atoms with Gasteiger partial charge in [0.15, 0.2) is 5.82 Å². The number of nitrogen functional groups attached to an aromatic ring is 1. The Morgan fingerprint density at radius 3 is 2.61 bits per heavy atom. The number of para-hydroxylation sites is 1. The number of aromatic nitrogens is 2. The second kappa shape index (κ2) is 4.30. The number of nitrogens with zero attached hydrogens (tertiary/aromatic N) is 2. The first-order chi connectivity index (χ1) is 8.40. The van der Waals surface area contributed by atoms with Crippen LogP contribution in [0.5, 0.6) is 0 Å². The van der Waals surface area contributed by atoms with Crippen LogP contribution in [0.15, 0.2) is 35.4 Å². The van der Waals surface area contributed by atoms with E-state index < -0.39 is 15.8 Å². The van der Waals surface area contributed by atoms with Crippen LogP contribution < -0.4 is 10.5 Å². The molecule has 0 atom stereocenters. The maximum Gasteiger partial charge on any atom is 0.267 e. The molecule has 0 aliphatic heterocycles. The Labute approximate surface area is 103 Å². The summed E-state index contributed by atoms with van der Waals surface area (Å²) in [5.41, 5.74) is 5.34. The highest BCUT2D eigenvalue weighted by atomic mass is 32.2. The zero-order chi connectivity index (χ0) is 13.3. The molecule has 1 aromatic carbocycles. The summed E-state index contributed by atoms with van der Waals surface area (Å²) in [6.07, 6.45) is 1.25. The number of sulfonamides is 1. The van der Waals surface area contributed by atoms with Crippen molar-refractivity contribution in [2.75, 3.05) is 10.5 Å². The SMILES string of the molecule is Cn1cc(S(=O)(=O)Nc2ccccc2F)c(N)n1. The van der Waals surface area contributed by atoms with Crippen molar-refractivity contribution in [3.8, 4) is 0 Å². The zero-order valence-electron chi connectivity index (χ0n) is 9.46. The summed E-state index contributed by atoms with van der Waals surface area (Å²) >= 11 is 0. The Hall–Kier alpha value is -2.09. The van der Waals surface area contributed by atoms with Gasteiger partial charge in [-0.3, -0.25) is 9.40 Å². The molecule has 6 nitrogen and oxygen atoms in total. The number of hydrogen-bond acceptors (Lipinski definition) is 4. The molecule has 8 heteroatoms. The van der Waals surface area contributed by atoms with Gasteiger partial charge in [0.2, 0.25) is 0 Å². The lowest BCUT2D eigenvalue weighted by Crippen LogP contribution is -2.14. The molecular weight excluding hydrogens is 259 g/mol. The minimum Gasteiger partial charge on any atom is -0.381 e. The van der Waals surface area contributed by atoms with E-state index in [4.69, 9.17) is 5.73 Å². The second-order valence-corrected chi connectivity index (χ2v) is 5.29. The third-order valence-electron chi connectivity index (χ3n) is 2.23. The maximum absolute atomic E-state index is 13.4. The highest BCUT2D eigenvalue weighted by Crippen LogP contribution is 2.21. The van der Waals surface area contributed by atoms with Crippen LogP contribution in [-0.2, 0) is 17.1 Å². The Kier molecular flexibility index (Phi) is 2.95. The lowest BCUT2D eigenvalue weighted by molar-refractivity contribution is 0.598. The summed E-state index contributed by atoms with van der Waals surface area (Å²) in [6, 6.07) is 5.46. The highest BCUT2D eigenvalue weighted by molar-refractivity contribution is 7.92. The second-order valence-electron chi connectivity index (χ2n) is 3.64. The normalized spacial score (nSPS) is 11.4. The monoisotopic (exact) mass is 270 g/mol. The van der Waals surface area contributed by atoms with Crippen LogP contribution in [-0.4, -0.2) is 18.2 Å². The van der Waals surface area contributed by atoms with Gasteiger partial charge < -0.3 is 5.73 Å². The van der Waals surface area contributed by atoms with E-state index in [1.165, 1.54) is 29.1 Å². The summed E-state index contributed by atoms with van der Waals surface area (Å²) in [6.45, 7) is 0. The van der Waals surface area contributed by atoms with E-state index in [-0.39, 0.29) is 16.4 Å². The molecule has 2 aromatic rings. The van der Waals surface area contributed by atoms with E-state index in [0.717, 1.165) is 6.07 Å². The number of rotatable bonds is 3. The molecule has 0 spiro atoms. The largest absolute Gasteiger partial charge is 0.381 e. The van der Waals surface area contributed by atoms with Gasteiger partial charge in [-0.05, 0) is 12.1 Å². The van der Waals surface area contributed by atoms with E-state index in [0.29, 0.717) is 0 Å². The molecule has 0 amide bonds. The molecule has 2 rings (SSSR count). The molecule has 3 N–H and O–H groups in total. The molecule has 96 valence electrons. The van der Waals surface area contributed by atoms with Crippen LogP contribution in [0.25, 0.3) is 0 Å². The number of nitrogens with one attached hydrogen (secondary N) is 1. The predicted molar refractivity (Wildman–Crippen MR) is 64.8 cm³/mol. The maximum atomic E-state index is 13.4. The lowest BCUT2D eigenvalue weighted by Gasteiger charge is -2.07. The molecule has 0 radical (unpaired) electrons.